The van der Waals surface area contributed by atoms with Crippen LogP contribution in [-0.2, 0) is 4.65 Å². The maximum Gasteiger partial charge on any atom is 0.282 e. The molecule has 0 N–H and O–H groups in total. The average Bonchev–Trinajstić information content (AvgIpc) is 1.59. The van der Waals surface area contributed by atoms with Crippen LogP contribution in [0.25, 0.3) is 0 Å². The van der Waals surface area contributed by atoms with Crippen molar-refractivity contribution in [3.63, 3.8) is 0 Å². The number of hydrogen-bond acceptors (Lipinski definition) is 1. The van der Waals surface area contributed by atoms with E-state index in [0.717, 1.165) is 6.42 Å². The summed E-state index contributed by atoms with van der Waals surface area (Å²) in [6.07, 6.45) is 0.795. The summed E-state index contributed by atoms with van der Waals surface area (Å²) in [6.45, 7) is 4.40. The van der Waals surface area contributed by atoms with Crippen LogP contribution in [0.3, 0.4) is 0 Å². The van der Waals surface area contributed by atoms with Crippen molar-refractivity contribution in [3.05, 3.63) is 0 Å². The minimum absolute atomic E-state index is 0.153. The molecular weight excluding hydrogens is 97.7 g/mol. The lowest BCUT2D eigenvalue weighted by Gasteiger charge is -2.17. The Labute approximate surface area is 53.7 Å². The summed E-state index contributed by atoms with van der Waals surface area (Å²) < 4.78 is 4.34. The molecule has 3 heteroatoms. The van der Waals surface area contributed by atoms with Gasteiger partial charge in [0.1, 0.15) is 0 Å². The maximum absolute atomic E-state index is 5.59. The molecule has 0 saturated carbocycles. The van der Waals surface area contributed by atoms with Gasteiger partial charge < -0.3 is 4.65 Å². The minimum Gasteiger partial charge on any atom is -0.448 e. The van der Waals surface area contributed by atoms with Crippen LogP contribution in [0.15, 0.2) is 0 Å². The Morgan fingerprint density at radius 2 is 2.00 bits per heavy atom. The minimum atomic E-state index is -0.153. The highest BCUT2D eigenvalue weighted by atomic mass is 16.4. The van der Waals surface area contributed by atoms with E-state index in [2.05, 4.69) is 4.65 Å². The smallest absolute Gasteiger partial charge is 0.282 e. The topological polar surface area (TPSA) is 9.23 Å². The number of hydrogen-bond donors (Lipinski definition) is 0. The molecule has 0 aromatic carbocycles. The third kappa shape index (κ3) is 6.09. The molecule has 0 aromatic rings. The third-order valence-electron chi connectivity index (χ3n) is 0.864. The molecule has 0 bridgehead atoms. The molecule has 42 valence electrons. The molecule has 0 unspecified atom stereocenters. The van der Waals surface area contributed by atoms with E-state index in [9.17, 15) is 0 Å². The molecule has 0 saturated heterocycles. The molecule has 0 aliphatic heterocycles. The van der Waals surface area contributed by atoms with Gasteiger partial charge in [0, 0.05) is 6.61 Å². The molecule has 1 nitrogen and oxygen atoms in total. The zero-order chi connectivity index (χ0) is 6.62. The average molecular weight is 108 g/mol. The van der Waals surface area contributed by atoms with Crippen LogP contribution in [-0.4, -0.2) is 22.5 Å². The predicted octanol–water partition coefficient (Wildman–Crippen LogP) is 0.844. The third-order valence-corrected chi connectivity index (χ3v) is 0.864. The SMILES string of the molecule is [B]OCCC([B])(C)C. The van der Waals surface area contributed by atoms with Gasteiger partial charge in [0.25, 0.3) is 8.05 Å². The molecular formula is C5H10B2O. The maximum atomic E-state index is 5.59. The molecule has 0 rings (SSSR count). The fourth-order valence-electron chi connectivity index (χ4n) is 0.322. The van der Waals surface area contributed by atoms with Crippen LogP contribution >= 0.6 is 0 Å². The molecule has 0 atom stereocenters. The van der Waals surface area contributed by atoms with E-state index in [-0.39, 0.29) is 5.31 Å². The van der Waals surface area contributed by atoms with Gasteiger partial charge in [0.2, 0.25) is 0 Å². The largest absolute Gasteiger partial charge is 0.448 e. The van der Waals surface area contributed by atoms with Crippen LogP contribution in [0.1, 0.15) is 20.3 Å². The predicted molar refractivity (Wildman–Crippen MR) is 36.1 cm³/mol. The van der Waals surface area contributed by atoms with Gasteiger partial charge in [-0.05, 0) is 6.42 Å². The molecule has 0 fully saturated rings. The molecule has 4 radical (unpaired) electrons. The van der Waals surface area contributed by atoms with Gasteiger partial charge in [0.15, 0.2) is 0 Å². The first kappa shape index (κ1) is 8.09. The van der Waals surface area contributed by atoms with E-state index in [4.69, 9.17) is 15.9 Å². The Kier molecular flexibility index (Phi) is 3.22. The molecule has 0 spiro atoms. The summed E-state index contributed by atoms with van der Waals surface area (Å²) in [6, 6.07) is 0. The van der Waals surface area contributed by atoms with Gasteiger partial charge in [0.05, 0.1) is 7.85 Å². The highest BCUT2D eigenvalue weighted by molar-refractivity contribution is 6.14. The van der Waals surface area contributed by atoms with Crippen LogP contribution < -0.4 is 0 Å². The lowest BCUT2D eigenvalue weighted by Crippen LogP contribution is -2.05. The summed E-state index contributed by atoms with van der Waals surface area (Å²) in [4.78, 5) is 0. The van der Waals surface area contributed by atoms with Crippen molar-refractivity contribution in [3.8, 4) is 0 Å². The highest BCUT2D eigenvalue weighted by Gasteiger charge is 2.07. The zero-order valence-corrected chi connectivity index (χ0v) is 5.48. The van der Waals surface area contributed by atoms with Crippen molar-refractivity contribution in [2.45, 2.75) is 25.6 Å². The van der Waals surface area contributed by atoms with Gasteiger partial charge in [-0.3, -0.25) is 0 Å². The summed E-state index contributed by atoms with van der Waals surface area (Å²) >= 11 is 0. The summed E-state index contributed by atoms with van der Waals surface area (Å²) in [5, 5.41) is -0.153. The Morgan fingerprint density at radius 3 is 2.12 bits per heavy atom. The molecule has 0 aliphatic rings. The first-order chi connectivity index (χ1) is 3.56. The van der Waals surface area contributed by atoms with Crippen LogP contribution in [0, 0.1) is 0 Å². The second-order valence-electron chi connectivity index (χ2n) is 2.61. The molecule has 0 amide bonds. The van der Waals surface area contributed by atoms with Crippen LogP contribution in [0.2, 0.25) is 5.31 Å². The quantitative estimate of drug-likeness (QED) is 0.486. The molecule has 8 heavy (non-hydrogen) atoms. The van der Waals surface area contributed by atoms with E-state index in [1.54, 1.807) is 0 Å². The van der Waals surface area contributed by atoms with Crippen molar-refractivity contribution in [1.29, 1.82) is 0 Å². The molecule has 0 heterocycles. The van der Waals surface area contributed by atoms with Crippen LogP contribution in [0.4, 0.5) is 0 Å². The standard InChI is InChI=1S/C5H10B2O/c1-5(2,6)3-4-8-7/h3-4H2,1-2H3. The van der Waals surface area contributed by atoms with E-state index < -0.39 is 0 Å². The van der Waals surface area contributed by atoms with Gasteiger partial charge in [-0.2, -0.15) is 0 Å². The Balaban J connectivity index is 3.11. The first-order valence-corrected chi connectivity index (χ1v) is 2.67. The lowest BCUT2D eigenvalue weighted by molar-refractivity contribution is 0.320. The zero-order valence-electron chi connectivity index (χ0n) is 5.48. The van der Waals surface area contributed by atoms with Crippen LogP contribution in [0.5, 0.6) is 0 Å². The van der Waals surface area contributed by atoms with Crippen molar-refractivity contribution in [2.75, 3.05) is 6.61 Å². The van der Waals surface area contributed by atoms with E-state index in [1.165, 1.54) is 0 Å². The lowest BCUT2D eigenvalue weighted by atomic mass is 9.70. The number of rotatable bonds is 3. The Bertz CT molecular complexity index is 57.9. The summed E-state index contributed by atoms with van der Waals surface area (Å²) in [5.41, 5.74) is 0. The van der Waals surface area contributed by atoms with Gasteiger partial charge in [-0.1, -0.05) is 19.2 Å². The van der Waals surface area contributed by atoms with E-state index >= 15 is 0 Å². The molecule has 0 aromatic heterocycles. The summed E-state index contributed by atoms with van der Waals surface area (Å²) in [5.74, 6) is 0. The summed E-state index contributed by atoms with van der Waals surface area (Å²) in [7, 11) is 10.4. The second-order valence-corrected chi connectivity index (χ2v) is 2.61. The molecule has 0 aliphatic carbocycles. The highest BCUT2D eigenvalue weighted by Crippen LogP contribution is 2.22. The van der Waals surface area contributed by atoms with E-state index in [0.29, 0.717) is 6.61 Å². The van der Waals surface area contributed by atoms with E-state index in [1.807, 2.05) is 13.8 Å². The Hall–Kier alpha value is 0.0899. The van der Waals surface area contributed by atoms with Crippen molar-refractivity contribution >= 4 is 15.9 Å². The van der Waals surface area contributed by atoms with Crippen molar-refractivity contribution < 1.29 is 4.65 Å². The van der Waals surface area contributed by atoms with Gasteiger partial charge in [-0.25, -0.2) is 0 Å². The normalized spacial score (nSPS) is 11.8. The fourth-order valence-corrected chi connectivity index (χ4v) is 0.322. The van der Waals surface area contributed by atoms with Crippen molar-refractivity contribution in [1.82, 2.24) is 0 Å². The van der Waals surface area contributed by atoms with Crippen molar-refractivity contribution in [2.24, 2.45) is 0 Å². The van der Waals surface area contributed by atoms with Gasteiger partial charge >= 0.3 is 0 Å². The Morgan fingerprint density at radius 1 is 1.50 bits per heavy atom. The second kappa shape index (κ2) is 3.18. The monoisotopic (exact) mass is 108 g/mol. The van der Waals surface area contributed by atoms with Gasteiger partial charge in [-0.15, -0.1) is 0 Å². The first-order valence-electron chi connectivity index (χ1n) is 2.67. The fraction of sp³-hybridized carbons (Fsp3) is 1.00.